The van der Waals surface area contributed by atoms with Gasteiger partial charge in [0.15, 0.2) is 17.1 Å². The van der Waals surface area contributed by atoms with Crippen molar-refractivity contribution in [3.8, 4) is 5.75 Å². The monoisotopic (exact) mass is 487 g/mol. The number of nitrogens with zero attached hydrogens (tertiary/aromatic N) is 5. The van der Waals surface area contributed by atoms with Crippen LogP contribution in [0.25, 0.3) is 5.65 Å². The zero-order chi connectivity index (χ0) is 25.1. The van der Waals surface area contributed by atoms with E-state index in [1.165, 1.54) is 6.26 Å². The lowest BCUT2D eigenvalue weighted by molar-refractivity contribution is 0.0502. The molecule has 1 unspecified atom stereocenters. The normalized spacial score (nSPS) is 15.1. The minimum absolute atomic E-state index is 0.0636. The average Bonchev–Trinajstić information content (AvgIpc) is 3.61. The van der Waals surface area contributed by atoms with Gasteiger partial charge in [0, 0.05) is 44.6 Å². The fraction of sp³-hybridized carbons (Fsp3) is 0.333. The quantitative estimate of drug-likeness (QED) is 0.396. The number of hydrogen-bond donors (Lipinski definition) is 0. The Hall–Kier alpha value is -4.14. The molecule has 0 radical (unpaired) electrons. The summed E-state index contributed by atoms with van der Waals surface area (Å²) in [5.74, 6) is 1.08. The number of hydrogen-bond acceptors (Lipinski definition) is 6. The van der Waals surface area contributed by atoms with Gasteiger partial charge in [-0.2, -0.15) is 5.10 Å². The standard InChI is InChI=1S/C27H29N5O4/c1-30(27(34)24-8-4-15-36-24)23(17-19-6-3-7-21(16-19)35-2)20-9-13-31(14-10-20)26(33)22-18-25-28-11-5-12-32(25)29-22/h3-8,11-12,15-16,18,20,23H,9-10,13-14,17H2,1-2H3. The van der Waals surface area contributed by atoms with E-state index >= 15 is 0 Å². The third-order valence-electron chi connectivity index (χ3n) is 6.96. The van der Waals surface area contributed by atoms with Gasteiger partial charge in [0.2, 0.25) is 0 Å². The Balaban J connectivity index is 1.32. The molecule has 3 aromatic heterocycles. The molecule has 2 amide bonds. The minimum Gasteiger partial charge on any atom is -0.497 e. The lowest BCUT2D eigenvalue weighted by Crippen LogP contribution is -2.48. The first kappa shape index (κ1) is 23.6. The molecule has 0 saturated carbocycles. The van der Waals surface area contributed by atoms with E-state index in [0.29, 0.717) is 36.6 Å². The van der Waals surface area contributed by atoms with Crippen LogP contribution >= 0.6 is 0 Å². The first-order chi connectivity index (χ1) is 17.5. The molecule has 9 nitrogen and oxygen atoms in total. The fourth-order valence-electron chi connectivity index (χ4n) is 4.97. The number of carbonyl (C=O) groups is 2. The van der Waals surface area contributed by atoms with Gasteiger partial charge in [-0.15, -0.1) is 0 Å². The van der Waals surface area contributed by atoms with Crippen molar-refractivity contribution in [1.82, 2.24) is 24.4 Å². The van der Waals surface area contributed by atoms with Gasteiger partial charge in [0.1, 0.15) is 5.75 Å². The van der Waals surface area contributed by atoms with E-state index in [1.54, 1.807) is 53.2 Å². The van der Waals surface area contributed by atoms with E-state index in [0.717, 1.165) is 24.2 Å². The molecule has 0 bridgehead atoms. The predicted octanol–water partition coefficient (Wildman–Crippen LogP) is 3.57. The van der Waals surface area contributed by atoms with Gasteiger partial charge in [0.25, 0.3) is 11.8 Å². The molecule has 186 valence electrons. The topological polar surface area (TPSA) is 93.2 Å². The Labute approximate surface area is 209 Å². The lowest BCUT2D eigenvalue weighted by Gasteiger charge is -2.39. The van der Waals surface area contributed by atoms with Gasteiger partial charge in [0.05, 0.1) is 13.4 Å². The lowest BCUT2D eigenvalue weighted by atomic mass is 9.84. The molecule has 1 aliphatic rings. The fourth-order valence-corrected chi connectivity index (χ4v) is 4.97. The second-order valence-electron chi connectivity index (χ2n) is 9.10. The maximum Gasteiger partial charge on any atom is 0.289 e. The Morgan fingerprint density at radius 2 is 2.00 bits per heavy atom. The van der Waals surface area contributed by atoms with Gasteiger partial charge in [-0.25, -0.2) is 9.50 Å². The number of methoxy groups -OCH3 is 1. The number of amides is 2. The highest BCUT2D eigenvalue weighted by Gasteiger charge is 2.34. The van der Waals surface area contributed by atoms with E-state index in [-0.39, 0.29) is 23.8 Å². The summed E-state index contributed by atoms with van der Waals surface area (Å²) in [5.41, 5.74) is 2.13. The van der Waals surface area contributed by atoms with Gasteiger partial charge in [-0.1, -0.05) is 12.1 Å². The molecule has 5 rings (SSSR count). The van der Waals surface area contributed by atoms with Crippen LogP contribution in [0.2, 0.25) is 0 Å². The first-order valence-electron chi connectivity index (χ1n) is 12.1. The smallest absolute Gasteiger partial charge is 0.289 e. The molecule has 1 aliphatic heterocycles. The summed E-state index contributed by atoms with van der Waals surface area (Å²) >= 11 is 0. The number of furan rings is 1. The van der Waals surface area contributed by atoms with Crippen LogP contribution in [-0.4, -0.2) is 69.5 Å². The number of ether oxygens (including phenoxy) is 1. The van der Waals surface area contributed by atoms with E-state index in [2.05, 4.69) is 16.1 Å². The average molecular weight is 488 g/mol. The molecule has 9 heteroatoms. The Morgan fingerprint density at radius 1 is 1.17 bits per heavy atom. The summed E-state index contributed by atoms with van der Waals surface area (Å²) in [6.45, 7) is 1.20. The molecule has 4 heterocycles. The van der Waals surface area contributed by atoms with Crippen LogP contribution in [0.1, 0.15) is 39.4 Å². The van der Waals surface area contributed by atoms with Crippen molar-refractivity contribution in [3.63, 3.8) is 0 Å². The Morgan fingerprint density at radius 3 is 2.72 bits per heavy atom. The van der Waals surface area contributed by atoms with Crippen LogP contribution in [0.15, 0.2) is 71.6 Å². The van der Waals surface area contributed by atoms with Gasteiger partial charge in [-0.3, -0.25) is 9.59 Å². The minimum atomic E-state index is -0.149. The molecule has 1 saturated heterocycles. The van der Waals surface area contributed by atoms with Crippen molar-refractivity contribution < 1.29 is 18.7 Å². The number of likely N-dealkylation sites (N-methyl/N-ethyl adjacent to an activating group) is 1. The second-order valence-corrected chi connectivity index (χ2v) is 9.10. The van der Waals surface area contributed by atoms with Crippen LogP contribution in [0.4, 0.5) is 0 Å². The van der Waals surface area contributed by atoms with Gasteiger partial charge in [-0.05, 0) is 61.1 Å². The third kappa shape index (κ3) is 4.82. The molecular weight excluding hydrogens is 458 g/mol. The highest BCUT2D eigenvalue weighted by Crippen LogP contribution is 2.29. The van der Waals surface area contributed by atoms with Crippen molar-refractivity contribution in [3.05, 3.63) is 84.2 Å². The van der Waals surface area contributed by atoms with Crippen LogP contribution < -0.4 is 4.74 Å². The molecule has 0 N–H and O–H groups in total. The van der Waals surface area contributed by atoms with Crippen LogP contribution in [-0.2, 0) is 6.42 Å². The number of likely N-dealkylation sites (tertiary alicyclic amines) is 1. The SMILES string of the molecule is COc1cccc(CC(C2CCN(C(=O)c3cc4ncccn4n3)CC2)N(C)C(=O)c2ccco2)c1. The number of carbonyl (C=O) groups excluding carboxylic acids is 2. The summed E-state index contributed by atoms with van der Waals surface area (Å²) in [7, 11) is 3.48. The van der Waals surface area contributed by atoms with Crippen LogP contribution in [0, 0.1) is 5.92 Å². The predicted molar refractivity (Wildman–Crippen MR) is 133 cm³/mol. The number of benzene rings is 1. The van der Waals surface area contributed by atoms with Crippen LogP contribution in [0.3, 0.4) is 0 Å². The highest BCUT2D eigenvalue weighted by atomic mass is 16.5. The van der Waals surface area contributed by atoms with Crippen LogP contribution in [0.5, 0.6) is 5.75 Å². The molecule has 4 aromatic rings. The summed E-state index contributed by atoms with van der Waals surface area (Å²) in [4.78, 5) is 34.2. The number of rotatable bonds is 7. The molecule has 0 spiro atoms. The third-order valence-corrected chi connectivity index (χ3v) is 6.96. The number of piperidine rings is 1. The van der Waals surface area contributed by atoms with E-state index in [1.807, 2.05) is 30.1 Å². The molecular formula is C27H29N5O4. The molecule has 1 atom stereocenters. The molecule has 36 heavy (non-hydrogen) atoms. The highest BCUT2D eigenvalue weighted by molar-refractivity contribution is 5.93. The summed E-state index contributed by atoms with van der Waals surface area (Å²) in [6, 6.07) is 14.8. The van der Waals surface area contributed by atoms with Crippen molar-refractivity contribution in [2.45, 2.75) is 25.3 Å². The summed E-state index contributed by atoms with van der Waals surface area (Å²) < 4.78 is 12.4. The zero-order valence-electron chi connectivity index (χ0n) is 20.4. The van der Waals surface area contributed by atoms with Gasteiger partial charge >= 0.3 is 0 Å². The van der Waals surface area contributed by atoms with E-state index in [4.69, 9.17) is 9.15 Å². The van der Waals surface area contributed by atoms with Crippen molar-refractivity contribution >= 4 is 17.5 Å². The largest absolute Gasteiger partial charge is 0.497 e. The van der Waals surface area contributed by atoms with Gasteiger partial charge < -0.3 is 19.0 Å². The Bertz CT molecular complexity index is 1310. The molecule has 1 aromatic carbocycles. The van der Waals surface area contributed by atoms with Crippen molar-refractivity contribution in [2.75, 3.05) is 27.2 Å². The second kappa shape index (κ2) is 10.2. The molecule has 0 aliphatic carbocycles. The maximum atomic E-state index is 13.2. The summed E-state index contributed by atoms with van der Waals surface area (Å²) in [6.07, 6.45) is 7.21. The zero-order valence-corrected chi connectivity index (χ0v) is 20.4. The summed E-state index contributed by atoms with van der Waals surface area (Å²) in [5, 5.41) is 4.38. The van der Waals surface area contributed by atoms with Crippen molar-refractivity contribution in [2.24, 2.45) is 5.92 Å². The van der Waals surface area contributed by atoms with E-state index in [9.17, 15) is 9.59 Å². The van der Waals surface area contributed by atoms with Crippen molar-refractivity contribution in [1.29, 1.82) is 0 Å². The number of fused-ring (bicyclic) bond motifs is 1. The maximum absolute atomic E-state index is 13.2. The first-order valence-corrected chi connectivity index (χ1v) is 12.1. The Kier molecular flexibility index (Phi) is 6.71. The number of aromatic nitrogens is 3. The molecule has 1 fully saturated rings. The van der Waals surface area contributed by atoms with E-state index < -0.39 is 0 Å².